The Labute approximate surface area is 98.9 Å². The quantitative estimate of drug-likeness (QED) is 0.745. The van der Waals surface area contributed by atoms with E-state index in [1.54, 1.807) is 13.8 Å². The molecule has 0 radical (unpaired) electrons. The average molecular weight is 265 g/mol. The monoisotopic (exact) mass is 265 g/mol. The van der Waals surface area contributed by atoms with E-state index in [9.17, 15) is 8.42 Å². The Morgan fingerprint density at radius 2 is 2.12 bits per heavy atom. The molecule has 16 heavy (non-hydrogen) atoms. The lowest BCUT2D eigenvalue weighted by atomic mass is 10.6. The van der Waals surface area contributed by atoms with Gasteiger partial charge in [-0.15, -0.1) is 10.2 Å². The molecule has 1 rings (SSSR count). The minimum atomic E-state index is -3.00. The fourth-order valence-electron chi connectivity index (χ4n) is 0.860. The van der Waals surface area contributed by atoms with E-state index in [0.717, 1.165) is 0 Å². The van der Waals surface area contributed by atoms with E-state index in [4.69, 9.17) is 10.2 Å². The second-order valence-corrected chi connectivity index (χ2v) is 7.15. The molecule has 1 aromatic heterocycles. The molecule has 0 amide bonds. The van der Waals surface area contributed by atoms with Crippen LogP contribution < -0.4 is 5.73 Å². The first-order valence-electron chi connectivity index (χ1n) is 4.82. The molecule has 1 heterocycles. The maximum absolute atomic E-state index is 11.5. The predicted molar refractivity (Wildman–Crippen MR) is 61.8 cm³/mol. The molecule has 2 N–H and O–H groups in total. The van der Waals surface area contributed by atoms with Crippen LogP contribution >= 0.6 is 11.8 Å². The predicted octanol–water partition coefficient (Wildman–Crippen LogP) is 0.444. The van der Waals surface area contributed by atoms with Crippen molar-refractivity contribution < 1.29 is 12.8 Å². The highest BCUT2D eigenvalue weighted by atomic mass is 32.2. The number of nitrogens with two attached hydrogens (primary N) is 1. The SMILES string of the molecule is CC(C)S(=O)(=O)CCSc1nnc(CN)o1. The summed E-state index contributed by atoms with van der Waals surface area (Å²) in [6, 6.07) is 0. The van der Waals surface area contributed by atoms with Crippen LogP contribution in [-0.2, 0) is 16.4 Å². The first-order chi connectivity index (χ1) is 7.45. The van der Waals surface area contributed by atoms with Crippen LogP contribution in [0.2, 0.25) is 0 Å². The summed E-state index contributed by atoms with van der Waals surface area (Å²) in [6.07, 6.45) is 0. The van der Waals surface area contributed by atoms with Gasteiger partial charge < -0.3 is 10.2 Å². The van der Waals surface area contributed by atoms with Gasteiger partial charge in [-0.3, -0.25) is 0 Å². The smallest absolute Gasteiger partial charge is 0.276 e. The van der Waals surface area contributed by atoms with Crippen molar-refractivity contribution in [1.82, 2.24) is 10.2 Å². The molecule has 0 aliphatic carbocycles. The third-order valence-electron chi connectivity index (χ3n) is 1.93. The molecule has 92 valence electrons. The Morgan fingerprint density at radius 1 is 1.44 bits per heavy atom. The van der Waals surface area contributed by atoms with Crippen molar-refractivity contribution in [3.63, 3.8) is 0 Å². The standard InChI is InChI=1S/C8H15N3O3S2/c1-6(2)16(12,13)4-3-15-8-11-10-7(5-9)14-8/h6H,3-5,9H2,1-2H3. The molecule has 6 nitrogen and oxygen atoms in total. The fraction of sp³-hybridized carbons (Fsp3) is 0.750. The topological polar surface area (TPSA) is 99.1 Å². The summed E-state index contributed by atoms with van der Waals surface area (Å²) in [5.74, 6) is 0.872. The summed E-state index contributed by atoms with van der Waals surface area (Å²) in [5, 5.41) is 7.40. The molecule has 0 unspecified atom stereocenters. The molecular weight excluding hydrogens is 250 g/mol. The lowest BCUT2D eigenvalue weighted by Crippen LogP contribution is -2.18. The zero-order chi connectivity index (χ0) is 12.2. The molecule has 0 bridgehead atoms. The molecular formula is C8H15N3O3S2. The van der Waals surface area contributed by atoms with Gasteiger partial charge in [0.1, 0.15) is 0 Å². The summed E-state index contributed by atoms with van der Waals surface area (Å²) in [7, 11) is -3.00. The normalized spacial score (nSPS) is 12.2. The second-order valence-electron chi connectivity index (χ2n) is 3.43. The van der Waals surface area contributed by atoms with Crippen LogP contribution in [0.5, 0.6) is 0 Å². The van der Waals surface area contributed by atoms with E-state index in [0.29, 0.717) is 16.9 Å². The van der Waals surface area contributed by atoms with E-state index in [1.807, 2.05) is 0 Å². The number of sulfone groups is 1. The molecule has 0 fully saturated rings. The van der Waals surface area contributed by atoms with E-state index < -0.39 is 9.84 Å². The van der Waals surface area contributed by atoms with Crippen molar-refractivity contribution in [3.8, 4) is 0 Å². The molecule has 0 aromatic carbocycles. The van der Waals surface area contributed by atoms with Gasteiger partial charge in [-0.1, -0.05) is 11.8 Å². The van der Waals surface area contributed by atoms with Crippen LogP contribution in [-0.4, -0.2) is 35.4 Å². The first kappa shape index (κ1) is 13.5. The average Bonchev–Trinajstić information content (AvgIpc) is 2.65. The Bertz CT molecular complexity index is 427. The van der Waals surface area contributed by atoms with Gasteiger partial charge in [-0.05, 0) is 13.8 Å². The second kappa shape index (κ2) is 5.65. The van der Waals surface area contributed by atoms with E-state index in [1.165, 1.54) is 11.8 Å². The van der Waals surface area contributed by atoms with E-state index in [2.05, 4.69) is 10.2 Å². The van der Waals surface area contributed by atoms with Crippen molar-refractivity contribution in [3.05, 3.63) is 5.89 Å². The third kappa shape index (κ3) is 3.76. The number of hydrogen-bond donors (Lipinski definition) is 1. The maximum Gasteiger partial charge on any atom is 0.276 e. The highest BCUT2D eigenvalue weighted by Gasteiger charge is 2.16. The molecule has 0 aliphatic rings. The number of thioether (sulfide) groups is 1. The Kier molecular flexibility index (Phi) is 4.75. The van der Waals surface area contributed by atoms with Gasteiger partial charge in [0.15, 0.2) is 9.84 Å². The number of hydrogen-bond acceptors (Lipinski definition) is 7. The Hall–Kier alpha value is -0.600. The fourth-order valence-corrected chi connectivity index (χ4v) is 3.02. The van der Waals surface area contributed by atoms with Gasteiger partial charge in [0.05, 0.1) is 17.5 Å². The third-order valence-corrected chi connectivity index (χ3v) is 5.22. The molecule has 0 saturated carbocycles. The number of nitrogens with zero attached hydrogens (tertiary/aromatic N) is 2. The van der Waals surface area contributed by atoms with Crippen LogP contribution in [0.1, 0.15) is 19.7 Å². The summed E-state index contributed by atoms with van der Waals surface area (Å²) < 4.78 is 28.1. The molecule has 0 spiro atoms. The van der Waals surface area contributed by atoms with Crippen LogP contribution in [0.3, 0.4) is 0 Å². The molecule has 0 atom stereocenters. The number of rotatable bonds is 6. The van der Waals surface area contributed by atoms with Gasteiger partial charge >= 0.3 is 0 Å². The van der Waals surface area contributed by atoms with Gasteiger partial charge in [-0.25, -0.2) is 8.42 Å². The molecule has 0 saturated heterocycles. The van der Waals surface area contributed by atoms with Gasteiger partial charge in [0, 0.05) is 5.75 Å². The lowest BCUT2D eigenvalue weighted by Gasteiger charge is -2.05. The van der Waals surface area contributed by atoms with Gasteiger partial charge in [0.25, 0.3) is 5.22 Å². The molecule has 8 heteroatoms. The minimum absolute atomic E-state index is 0.107. The highest BCUT2D eigenvalue weighted by Crippen LogP contribution is 2.16. The largest absolute Gasteiger partial charge is 0.415 e. The Morgan fingerprint density at radius 3 is 2.62 bits per heavy atom. The minimum Gasteiger partial charge on any atom is -0.415 e. The first-order valence-corrected chi connectivity index (χ1v) is 7.52. The van der Waals surface area contributed by atoms with Crippen LogP contribution in [0.4, 0.5) is 0 Å². The zero-order valence-corrected chi connectivity index (χ0v) is 10.8. The molecule has 1 aromatic rings. The summed E-state index contributed by atoms with van der Waals surface area (Å²) in [4.78, 5) is 0. The maximum atomic E-state index is 11.5. The van der Waals surface area contributed by atoms with E-state index >= 15 is 0 Å². The van der Waals surface area contributed by atoms with Gasteiger partial charge in [-0.2, -0.15) is 0 Å². The Balaban J connectivity index is 2.42. The van der Waals surface area contributed by atoms with Crippen molar-refractivity contribution in [1.29, 1.82) is 0 Å². The van der Waals surface area contributed by atoms with Crippen molar-refractivity contribution in [2.75, 3.05) is 11.5 Å². The summed E-state index contributed by atoms with van der Waals surface area (Å²) >= 11 is 1.23. The summed E-state index contributed by atoms with van der Waals surface area (Å²) in [5.41, 5.74) is 5.30. The lowest BCUT2D eigenvalue weighted by molar-refractivity contribution is 0.415. The zero-order valence-electron chi connectivity index (χ0n) is 9.21. The van der Waals surface area contributed by atoms with Gasteiger partial charge in [0.2, 0.25) is 5.89 Å². The summed E-state index contributed by atoms with van der Waals surface area (Å²) in [6.45, 7) is 3.52. The van der Waals surface area contributed by atoms with Crippen LogP contribution in [0.25, 0.3) is 0 Å². The van der Waals surface area contributed by atoms with Crippen molar-refractivity contribution in [2.24, 2.45) is 5.73 Å². The van der Waals surface area contributed by atoms with Crippen LogP contribution in [0.15, 0.2) is 9.64 Å². The van der Waals surface area contributed by atoms with E-state index in [-0.39, 0.29) is 17.5 Å². The molecule has 0 aliphatic heterocycles. The van der Waals surface area contributed by atoms with Crippen LogP contribution in [0, 0.1) is 0 Å². The highest BCUT2D eigenvalue weighted by molar-refractivity contribution is 8.00. The van der Waals surface area contributed by atoms with Crippen molar-refractivity contribution >= 4 is 21.6 Å². The van der Waals surface area contributed by atoms with Crippen molar-refractivity contribution in [2.45, 2.75) is 30.9 Å². The number of aromatic nitrogens is 2.